The second-order valence-electron chi connectivity index (χ2n) is 5.87. The van der Waals surface area contributed by atoms with Gasteiger partial charge in [0.15, 0.2) is 0 Å². The lowest BCUT2D eigenvalue weighted by molar-refractivity contribution is 0.0586. The Labute approximate surface area is 114 Å². The molecule has 1 amide bonds. The zero-order valence-electron chi connectivity index (χ0n) is 12.0. The number of nitrogens with one attached hydrogen (secondary N) is 1. The molecule has 0 spiro atoms. The predicted octanol–water partition coefficient (Wildman–Crippen LogP) is 1.86. The largest absolute Gasteiger partial charge is 0.496 e. The summed E-state index contributed by atoms with van der Waals surface area (Å²) in [6, 6.07) is 5.79. The molecule has 104 valence electrons. The van der Waals surface area contributed by atoms with Crippen LogP contribution in [0.15, 0.2) is 18.2 Å². The van der Waals surface area contributed by atoms with Gasteiger partial charge in [-0.3, -0.25) is 4.79 Å². The van der Waals surface area contributed by atoms with E-state index < -0.39 is 0 Å². The molecule has 1 aliphatic rings. The van der Waals surface area contributed by atoms with Crippen LogP contribution in [0.4, 0.5) is 0 Å². The zero-order valence-corrected chi connectivity index (χ0v) is 12.0. The number of methoxy groups -OCH3 is 1. The fourth-order valence-electron chi connectivity index (χ4n) is 2.41. The molecule has 1 aliphatic carbocycles. The zero-order chi connectivity index (χ0) is 14.2. The van der Waals surface area contributed by atoms with Crippen molar-refractivity contribution in [3.05, 3.63) is 29.3 Å². The van der Waals surface area contributed by atoms with E-state index in [1.165, 1.54) is 0 Å². The molecule has 19 heavy (non-hydrogen) atoms. The summed E-state index contributed by atoms with van der Waals surface area (Å²) in [4.78, 5) is 12.2. The first-order valence-electron chi connectivity index (χ1n) is 6.57. The molecule has 0 saturated heterocycles. The number of ether oxygens (including phenoxy) is 1. The molecule has 1 aromatic carbocycles. The van der Waals surface area contributed by atoms with Gasteiger partial charge in [-0.1, -0.05) is 19.9 Å². The van der Waals surface area contributed by atoms with Gasteiger partial charge in [-0.05, 0) is 31.0 Å². The van der Waals surface area contributed by atoms with E-state index in [0.29, 0.717) is 5.56 Å². The van der Waals surface area contributed by atoms with Crippen molar-refractivity contribution in [1.29, 1.82) is 0 Å². The predicted molar refractivity (Wildman–Crippen MR) is 75.4 cm³/mol. The first kappa shape index (κ1) is 13.9. The molecule has 4 heteroatoms. The monoisotopic (exact) mass is 262 g/mol. The van der Waals surface area contributed by atoms with Crippen LogP contribution < -0.4 is 15.8 Å². The van der Waals surface area contributed by atoms with Gasteiger partial charge in [-0.25, -0.2) is 0 Å². The fourth-order valence-corrected chi connectivity index (χ4v) is 2.41. The Bertz CT molecular complexity index is 497. The summed E-state index contributed by atoms with van der Waals surface area (Å²) in [7, 11) is 1.61. The van der Waals surface area contributed by atoms with Gasteiger partial charge >= 0.3 is 0 Å². The molecule has 0 bridgehead atoms. The van der Waals surface area contributed by atoms with E-state index in [9.17, 15) is 4.79 Å². The lowest BCUT2D eigenvalue weighted by atomic mass is 9.63. The Morgan fingerprint density at radius 2 is 2.16 bits per heavy atom. The van der Waals surface area contributed by atoms with Crippen LogP contribution >= 0.6 is 0 Å². The highest BCUT2D eigenvalue weighted by Gasteiger charge is 2.46. The number of hydrogen-bond donors (Lipinski definition) is 2. The maximum Gasteiger partial charge on any atom is 0.251 e. The quantitative estimate of drug-likeness (QED) is 0.874. The van der Waals surface area contributed by atoms with Crippen LogP contribution in [0, 0.1) is 12.3 Å². The first-order chi connectivity index (χ1) is 8.86. The van der Waals surface area contributed by atoms with Crippen LogP contribution in [0.25, 0.3) is 0 Å². The van der Waals surface area contributed by atoms with Crippen LogP contribution in [0.3, 0.4) is 0 Å². The van der Waals surface area contributed by atoms with Crippen molar-refractivity contribution in [2.45, 2.75) is 39.3 Å². The van der Waals surface area contributed by atoms with Gasteiger partial charge in [-0.2, -0.15) is 0 Å². The second kappa shape index (κ2) is 4.85. The minimum absolute atomic E-state index is 0.0373. The molecule has 2 atom stereocenters. The Hall–Kier alpha value is -1.55. The van der Waals surface area contributed by atoms with Crippen molar-refractivity contribution in [2.24, 2.45) is 11.1 Å². The summed E-state index contributed by atoms with van der Waals surface area (Å²) < 4.78 is 5.24. The molecular formula is C15H22N2O2. The molecular weight excluding hydrogens is 240 g/mol. The van der Waals surface area contributed by atoms with Crippen molar-refractivity contribution in [2.75, 3.05) is 7.11 Å². The number of carbonyl (C=O) groups excluding carboxylic acids is 1. The smallest absolute Gasteiger partial charge is 0.251 e. The molecule has 1 saturated carbocycles. The molecule has 1 fully saturated rings. The Balaban J connectivity index is 2.09. The van der Waals surface area contributed by atoms with Crippen LogP contribution in [-0.4, -0.2) is 25.1 Å². The number of aryl methyl sites for hydroxylation is 1. The molecule has 2 rings (SSSR count). The topological polar surface area (TPSA) is 64.3 Å². The van der Waals surface area contributed by atoms with Crippen LogP contribution in [0.2, 0.25) is 0 Å². The molecule has 0 radical (unpaired) electrons. The minimum atomic E-state index is -0.0664. The molecule has 3 N–H and O–H groups in total. The molecule has 4 nitrogen and oxygen atoms in total. The Kier molecular flexibility index (Phi) is 3.54. The minimum Gasteiger partial charge on any atom is -0.496 e. The number of carbonyl (C=O) groups is 1. The van der Waals surface area contributed by atoms with Crippen molar-refractivity contribution < 1.29 is 9.53 Å². The molecule has 0 heterocycles. The van der Waals surface area contributed by atoms with Crippen LogP contribution in [-0.2, 0) is 0 Å². The molecule has 1 aromatic rings. The third-order valence-corrected chi connectivity index (χ3v) is 4.32. The number of amides is 1. The van der Waals surface area contributed by atoms with Gasteiger partial charge in [0.2, 0.25) is 0 Å². The normalized spacial score (nSPS) is 24.5. The van der Waals surface area contributed by atoms with Gasteiger partial charge in [0.25, 0.3) is 5.91 Å². The highest BCUT2D eigenvalue weighted by atomic mass is 16.5. The van der Waals surface area contributed by atoms with Gasteiger partial charge in [0.1, 0.15) is 5.75 Å². The summed E-state index contributed by atoms with van der Waals surface area (Å²) in [6.45, 7) is 6.12. The van der Waals surface area contributed by atoms with Crippen molar-refractivity contribution in [3.8, 4) is 5.75 Å². The summed E-state index contributed by atoms with van der Waals surface area (Å²) in [5.41, 5.74) is 7.56. The van der Waals surface area contributed by atoms with E-state index >= 15 is 0 Å². The van der Waals surface area contributed by atoms with Gasteiger partial charge in [-0.15, -0.1) is 0 Å². The van der Waals surface area contributed by atoms with Crippen LogP contribution in [0.5, 0.6) is 5.75 Å². The number of hydrogen-bond acceptors (Lipinski definition) is 3. The highest BCUT2D eigenvalue weighted by molar-refractivity contribution is 5.95. The van der Waals surface area contributed by atoms with Gasteiger partial charge in [0.05, 0.1) is 7.11 Å². The summed E-state index contributed by atoms with van der Waals surface area (Å²) in [6.07, 6.45) is 0.835. The van der Waals surface area contributed by atoms with Crippen molar-refractivity contribution in [3.63, 3.8) is 0 Å². The number of nitrogens with two attached hydrogens (primary N) is 1. The highest BCUT2D eigenvalue weighted by Crippen LogP contribution is 2.39. The Morgan fingerprint density at radius 3 is 2.68 bits per heavy atom. The second-order valence-corrected chi connectivity index (χ2v) is 5.87. The van der Waals surface area contributed by atoms with Gasteiger partial charge < -0.3 is 15.8 Å². The standard InChI is InChI=1S/C15H22N2O2/c1-9-5-6-10(7-11(9)19-4)14(18)17-13-8-12(16)15(13,2)3/h5-7,12-13H,8,16H2,1-4H3,(H,17,18). The van der Waals surface area contributed by atoms with Crippen LogP contribution in [0.1, 0.15) is 36.2 Å². The lowest BCUT2D eigenvalue weighted by Gasteiger charge is -2.50. The average molecular weight is 262 g/mol. The maximum atomic E-state index is 12.2. The molecule has 0 aliphatic heterocycles. The number of benzene rings is 1. The van der Waals surface area contributed by atoms with E-state index in [4.69, 9.17) is 10.5 Å². The maximum absolute atomic E-state index is 12.2. The third-order valence-electron chi connectivity index (χ3n) is 4.32. The fraction of sp³-hybridized carbons (Fsp3) is 0.533. The van der Waals surface area contributed by atoms with E-state index in [-0.39, 0.29) is 23.4 Å². The van der Waals surface area contributed by atoms with Crippen molar-refractivity contribution >= 4 is 5.91 Å². The molecule has 2 unspecified atom stereocenters. The summed E-state index contributed by atoms with van der Waals surface area (Å²) in [5, 5.41) is 3.05. The lowest BCUT2D eigenvalue weighted by Crippen LogP contribution is -2.64. The molecule has 0 aromatic heterocycles. The van der Waals surface area contributed by atoms with Gasteiger partial charge in [0, 0.05) is 23.1 Å². The third kappa shape index (κ3) is 2.45. The van der Waals surface area contributed by atoms with E-state index in [1.807, 2.05) is 19.1 Å². The van der Waals surface area contributed by atoms with Crippen molar-refractivity contribution in [1.82, 2.24) is 5.32 Å². The number of rotatable bonds is 3. The average Bonchev–Trinajstić information content (AvgIpc) is 2.38. The summed E-state index contributed by atoms with van der Waals surface area (Å²) >= 11 is 0. The van der Waals surface area contributed by atoms with E-state index in [2.05, 4.69) is 19.2 Å². The Morgan fingerprint density at radius 1 is 1.47 bits per heavy atom. The van der Waals surface area contributed by atoms with E-state index in [0.717, 1.165) is 17.7 Å². The first-order valence-corrected chi connectivity index (χ1v) is 6.57. The van der Waals surface area contributed by atoms with E-state index in [1.54, 1.807) is 13.2 Å². The summed E-state index contributed by atoms with van der Waals surface area (Å²) in [5.74, 6) is 0.667. The SMILES string of the molecule is COc1cc(C(=O)NC2CC(N)C2(C)C)ccc1C.